The largest absolute Gasteiger partial charge is 0.367 e. The summed E-state index contributed by atoms with van der Waals surface area (Å²) in [6.07, 6.45) is 6.35. The van der Waals surface area contributed by atoms with E-state index in [4.69, 9.17) is 0 Å². The van der Waals surface area contributed by atoms with Crippen LogP contribution >= 0.6 is 0 Å². The van der Waals surface area contributed by atoms with Crippen LogP contribution in [0.1, 0.15) is 29.6 Å². The molecule has 0 aliphatic carbocycles. The van der Waals surface area contributed by atoms with Gasteiger partial charge in [0.1, 0.15) is 5.56 Å². The van der Waals surface area contributed by atoms with Crippen LogP contribution in [0.25, 0.3) is 0 Å². The molecular formula is C13H17N3O2. The van der Waals surface area contributed by atoms with Gasteiger partial charge in [0.15, 0.2) is 5.43 Å². The van der Waals surface area contributed by atoms with Gasteiger partial charge in [-0.1, -0.05) is 0 Å². The van der Waals surface area contributed by atoms with Gasteiger partial charge in [-0.3, -0.25) is 14.5 Å². The minimum absolute atomic E-state index is 0.194. The molecule has 0 radical (unpaired) electrons. The minimum Gasteiger partial charge on any atom is -0.367 e. The van der Waals surface area contributed by atoms with Gasteiger partial charge in [0.2, 0.25) is 0 Å². The Labute approximate surface area is 105 Å². The number of carbonyl (C=O) groups is 1. The van der Waals surface area contributed by atoms with Crippen LogP contribution in [0.4, 0.5) is 0 Å². The molecule has 18 heavy (non-hydrogen) atoms. The Kier molecular flexibility index (Phi) is 2.91. The molecule has 2 unspecified atom stereocenters. The standard InChI is InChI=1S/C13H17N3O2/c17-12-3-5-14-8-9(12)13(18)15-10-4-7-16-6-1-2-11(10)16/h3,5,8,10-11H,1-2,4,6-7H2,(H,14,17)(H,15,18). The number of hydrogen-bond donors (Lipinski definition) is 2. The van der Waals surface area contributed by atoms with E-state index in [0.29, 0.717) is 6.04 Å². The molecule has 2 aliphatic heterocycles. The predicted octanol–water partition coefficient (Wildman–Crippen LogP) is 0.341. The third-order valence-electron chi connectivity index (χ3n) is 3.99. The summed E-state index contributed by atoms with van der Waals surface area (Å²) in [6.45, 7) is 2.20. The third kappa shape index (κ3) is 1.95. The second-order valence-corrected chi connectivity index (χ2v) is 5.04. The third-order valence-corrected chi connectivity index (χ3v) is 3.99. The SMILES string of the molecule is O=C(NC1CCN2CCCC12)c1c[nH]ccc1=O. The molecule has 2 fully saturated rings. The second kappa shape index (κ2) is 4.57. The Morgan fingerprint density at radius 3 is 3.11 bits per heavy atom. The summed E-state index contributed by atoms with van der Waals surface area (Å²) in [6, 6.07) is 2.04. The van der Waals surface area contributed by atoms with E-state index in [2.05, 4.69) is 15.2 Å². The topological polar surface area (TPSA) is 65.2 Å². The molecule has 0 bridgehead atoms. The van der Waals surface area contributed by atoms with E-state index in [0.717, 1.165) is 25.9 Å². The lowest BCUT2D eigenvalue weighted by Gasteiger charge is -2.21. The molecule has 0 spiro atoms. The molecular weight excluding hydrogens is 230 g/mol. The van der Waals surface area contributed by atoms with Crippen LogP contribution in [-0.4, -0.2) is 41.0 Å². The average molecular weight is 247 g/mol. The number of pyridine rings is 1. The first-order valence-corrected chi connectivity index (χ1v) is 6.48. The molecule has 1 amide bonds. The highest BCUT2D eigenvalue weighted by molar-refractivity contribution is 5.94. The van der Waals surface area contributed by atoms with Crippen molar-refractivity contribution >= 4 is 5.91 Å². The fourth-order valence-electron chi connectivity index (χ4n) is 3.09. The number of hydrogen-bond acceptors (Lipinski definition) is 3. The van der Waals surface area contributed by atoms with E-state index in [9.17, 15) is 9.59 Å². The molecule has 1 aromatic heterocycles. The summed E-state index contributed by atoms with van der Waals surface area (Å²) in [5.41, 5.74) is -0.0264. The maximum absolute atomic E-state index is 12.1. The van der Waals surface area contributed by atoms with Crippen LogP contribution < -0.4 is 10.7 Å². The van der Waals surface area contributed by atoms with Crippen molar-refractivity contribution in [1.29, 1.82) is 0 Å². The van der Waals surface area contributed by atoms with Crippen LogP contribution in [0.3, 0.4) is 0 Å². The van der Waals surface area contributed by atoms with Gasteiger partial charge in [-0.25, -0.2) is 0 Å². The molecule has 2 saturated heterocycles. The van der Waals surface area contributed by atoms with Crippen molar-refractivity contribution in [3.8, 4) is 0 Å². The molecule has 1 aromatic rings. The zero-order chi connectivity index (χ0) is 12.5. The van der Waals surface area contributed by atoms with Gasteiger partial charge >= 0.3 is 0 Å². The van der Waals surface area contributed by atoms with Gasteiger partial charge in [0, 0.05) is 37.1 Å². The van der Waals surface area contributed by atoms with Gasteiger partial charge in [0.05, 0.1) is 0 Å². The summed E-state index contributed by atoms with van der Waals surface area (Å²) in [5.74, 6) is -0.254. The van der Waals surface area contributed by atoms with Crippen LogP contribution in [0.5, 0.6) is 0 Å². The summed E-state index contributed by atoms with van der Waals surface area (Å²) in [7, 11) is 0. The van der Waals surface area contributed by atoms with Gasteiger partial charge < -0.3 is 10.3 Å². The number of aromatic amines is 1. The molecule has 5 heteroatoms. The van der Waals surface area contributed by atoms with E-state index in [1.807, 2.05) is 0 Å². The van der Waals surface area contributed by atoms with Crippen LogP contribution in [0.2, 0.25) is 0 Å². The average Bonchev–Trinajstić information content (AvgIpc) is 2.94. The van der Waals surface area contributed by atoms with Gasteiger partial charge in [0.25, 0.3) is 5.91 Å². The number of amides is 1. The number of nitrogens with zero attached hydrogens (tertiary/aromatic N) is 1. The van der Waals surface area contributed by atoms with E-state index < -0.39 is 0 Å². The molecule has 2 atom stereocenters. The molecule has 5 nitrogen and oxygen atoms in total. The van der Waals surface area contributed by atoms with Crippen molar-refractivity contribution in [2.75, 3.05) is 13.1 Å². The lowest BCUT2D eigenvalue weighted by Crippen LogP contribution is -2.43. The van der Waals surface area contributed by atoms with Crippen LogP contribution in [0.15, 0.2) is 23.3 Å². The summed E-state index contributed by atoms with van der Waals surface area (Å²) in [5, 5.41) is 3.01. The number of aromatic nitrogens is 1. The number of rotatable bonds is 2. The fraction of sp³-hybridized carbons (Fsp3) is 0.538. The number of fused-ring (bicyclic) bond motifs is 1. The first-order valence-electron chi connectivity index (χ1n) is 6.48. The molecule has 0 aromatic carbocycles. The first kappa shape index (κ1) is 11.5. The highest BCUT2D eigenvalue weighted by atomic mass is 16.2. The second-order valence-electron chi connectivity index (χ2n) is 5.04. The molecule has 2 aliphatic rings. The highest BCUT2D eigenvalue weighted by Crippen LogP contribution is 2.27. The lowest BCUT2D eigenvalue weighted by atomic mass is 10.1. The summed E-state index contributed by atoms with van der Waals surface area (Å²) in [4.78, 5) is 28.8. The molecule has 2 N–H and O–H groups in total. The Morgan fingerprint density at radius 2 is 2.28 bits per heavy atom. The quantitative estimate of drug-likeness (QED) is 0.792. The Balaban J connectivity index is 1.72. The van der Waals surface area contributed by atoms with Crippen molar-refractivity contribution in [2.24, 2.45) is 0 Å². The zero-order valence-electron chi connectivity index (χ0n) is 10.2. The molecule has 3 rings (SSSR count). The van der Waals surface area contributed by atoms with Crippen molar-refractivity contribution in [1.82, 2.24) is 15.2 Å². The smallest absolute Gasteiger partial charge is 0.257 e. The molecule has 3 heterocycles. The van der Waals surface area contributed by atoms with E-state index >= 15 is 0 Å². The summed E-state index contributed by atoms with van der Waals surface area (Å²) < 4.78 is 0. The monoisotopic (exact) mass is 247 g/mol. The van der Waals surface area contributed by atoms with Crippen molar-refractivity contribution in [3.63, 3.8) is 0 Å². The predicted molar refractivity (Wildman–Crippen MR) is 67.5 cm³/mol. The number of H-pyrrole nitrogens is 1. The Bertz CT molecular complexity index is 511. The number of nitrogens with one attached hydrogen (secondary N) is 2. The zero-order valence-corrected chi connectivity index (χ0v) is 10.2. The highest BCUT2D eigenvalue weighted by Gasteiger charge is 2.37. The van der Waals surface area contributed by atoms with Gasteiger partial charge in [-0.2, -0.15) is 0 Å². The van der Waals surface area contributed by atoms with Crippen molar-refractivity contribution in [3.05, 3.63) is 34.2 Å². The van der Waals surface area contributed by atoms with Gasteiger partial charge in [-0.15, -0.1) is 0 Å². The van der Waals surface area contributed by atoms with Gasteiger partial charge in [-0.05, 0) is 25.8 Å². The summed E-state index contributed by atoms with van der Waals surface area (Å²) >= 11 is 0. The fourth-order valence-corrected chi connectivity index (χ4v) is 3.09. The van der Waals surface area contributed by atoms with Crippen molar-refractivity contribution in [2.45, 2.75) is 31.3 Å². The first-order chi connectivity index (χ1) is 8.75. The maximum atomic E-state index is 12.1. The molecule has 0 saturated carbocycles. The normalized spacial score (nSPS) is 27.1. The van der Waals surface area contributed by atoms with Crippen LogP contribution in [-0.2, 0) is 0 Å². The maximum Gasteiger partial charge on any atom is 0.257 e. The molecule has 96 valence electrons. The van der Waals surface area contributed by atoms with Crippen LogP contribution in [0, 0.1) is 0 Å². The lowest BCUT2D eigenvalue weighted by molar-refractivity contribution is 0.0928. The van der Waals surface area contributed by atoms with E-state index in [1.165, 1.54) is 24.9 Å². The Hall–Kier alpha value is -1.62. The van der Waals surface area contributed by atoms with E-state index in [-0.39, 0.29) is 22.9 Å². The van der Waals surface area contributed by atoms with E-state index in [1.54, 1.807) is 0 Å². The number of carbonyl (C=O) groups excluding carboxylic acids is 1. The van der Waals surface area contributed by atoms with Crippen molar-refractivity contribution < 1.29 is 4.79 Å². The minimum atomic E-state index is -0.254. The Morgan fingerprint density at radius 1 is 1.39 bits per heavy atom.